The molecule has 0 N–H and O–H groups in total. The summed E-state index contributed by atoms with van der Waals surface area (Å²) in [6, 6.07) is 3.61. The normalized spacial score (nSPS) is 17.3. The molecule has 0 unspecified atom stereocenters. The molecule has 0 spiro atoms. The second-order valence-electron chi connectivity index (χ2n) is 6.47. The van der Waals surface area contributed by atoms with Gasteiger partial charge in [-0.1, -0.05) is 31.3 Å². The Morgan fingerprint density at radius 1 is 1.17 bits per heavy atom. The number of halogens is 2. The van der Waals surface area contributed by atoms with Crippen LogP contribution in [0.15, 0.2) is 18.2 Å². The Morgan fingerprint density at radius 2 is 1.78 bits per heavy atom. The Morgan fingerprint density at radius 3 is 2.39 bits per heavy atom. The van der Waals surface area contributed by atoms with Crippen LogP contribution in [0.4, 0.5) is 8.78 Å². The van der Waals surface area contributed by atoms with Crippen molar-refractivity contribution in [2.24, 2.45) is 5.41 Å². The van der Waals surface area contributed by atoms with Crippen molar-refractivity contribution in [1.82, 2.24) is 15.1 Å². The molecule has 0 saturated carbocycles. The number of hydrogen-bond acceptors (Lipinski definition) is 4. The van der Waals surface area contributed by atoms with Crippen molar-refractivity contribution >= 4 is 17.2 Å². The fraction of sp³-hybridized carbons (Fsp3) is 0.438. The lowest BCUT2D eigenvalue weighted by atomic mass is 9.83. The minimum absolute atomic E-state index is 0.0845. The summed E-state index contributed by atoms with van der Waals surface area (Å²) in [6.45, 7) is 5.68. The molecule has 23 heavy (non-hydrogen) atoms. The van der Waals surface area contributed by atoms with Crippen LogP contribution in [-0.4, -0.2) is 34.1 Å². The number of likely N-dealkylation sites (tertiary alicyclic amines) is 1. The molecule has 1 aromatic heterocycles. The quantitative estimate of drug-likeness (QED) is 0.838. The van der Waals surface area contributed by atoms with E-state index in [4.69, 9.17) is 0 Å². The molecule has 1 saturated heterocycles. The molecular formula is C16H17F2N3OS. The maximum absolute atomic E-state index is 13.8. The Kier molecular flexibility index (Phi) is 4.14. The van der Waals surface area contributed by atoms with Gasteiger partial charge in [0.15, 0.2) is 5.01 Å². The SMILES string of the molecule is CC1(C)CCN(C(=O)c2nnc(-c3c(F)cccc3F)s2)CC1. The van der Waals surface area contributed by atoms with E-state index in [1.165, 1.54) is 6.07 Å². The minimum atomic E-state index is -0.708. The molecule has 1 aromatic carbocycles. The maximum atomic E-state index is 13.8. The van der Waals surface area contributed by atoms with Crippen LogP contribution in [0.2, 0.25) is 0 Å². The van der Waals surface area contributed by atoms with Crippen molar-refractivity contribution in [2.45, 2.75) is 26.7 Å². The number of carbonyl (C=O) groups excluding carboxylic acids is 1. The molecule has 1 fully saturated rings. The number of benzene rings is 1. The molecule has 1 amide bonds. The molecule has 1 aliphatic rings. The lowest BCUT2D eigenvalue weighted by Crippen LogP contribution is -2.41. The van der Waals surface area contributed by atoms with E-state index in [1.54, 1.807) is 4.90 Å². The van der Waals surface area contributed by atoms with Gasteiger partial charge in [-0.3, -0.25) is 4.79 Å². The number of carbonyl (C=O) groups is 1. The monoisotopic (exact) mass is 337 g/mol. The first kappa shape index (κ1) is 16.0. The standard InChI is InChI=1S/C16H17F2N3OS/c1-16(2)6-8-21(9-7-16)15(22)14-20-19-13(23-14)12-10(17)4-3-5-11(12)18/h3-5H,6-9H2,1-2H3. The summed E-state index contributed by atoms with van der Waals surface area (Å²) >= 11 is 0.923. The zero-order valence-corrected chi connectivity index (χ0v) is 13.8. The summed E-state index contributed by atoms with van der Waals surface area (Å²) in [5.74, 6) is -1.64. The van der Waals surface area contributed by atoms with Crippen LogP contribution in [0.5, 0.6) is 0 Å². The molecule has 2 aromatic rings. The van der Waals surface area contributed by atoms with Gasteiger partial charge in [0, 0.05) is 13.1 Å². The van der Waals surface area contributed by atoms with Gasteiger partial charge < -0.3 is 4.90 Å². The molecule has 7 heteroatoms. The van der Waals surface area contributed by atoms with Gasteiger partial charge in [0.25, 0.3) is 5.91 Å². The van der Waals surface area contributed by atoms with Crippen LogP contribution in [0.1, 0.15) is 36.5 Å². The topological polar surface area (TPSA) is 46.1 Å². The van der Waals surface area contributed by atoms with Gasteiger partial charge in [0.1, 0.15) is 11.6 Å². The number of hydrogen-bond donors (Lipinski definition) is 0. The van der Waals surface area contributed by atoms with Crippen LogP contribution in [0.25, 0.3) is 10.6 Å². The summed E-state index contributed by atoms with van der Waals surface area (Å²) in [5.41, 5.74) is 0.00291. The van der Waals surface area contributed by atoms with Gasteiger partial charge in [0.2, 0.25) is 5.01 Å². The van der Waals surface area contributed by atoms with E-state index in [2.05, 4.69) is 24.0 Å². The predicted octanol–water partition coefficient (Wildman–Crippen LogP) is 3.75. The van der Waals surface area contributed by atoms with Crippen molar-refractivity contribution in [1.29, 1.82) is 0 Å². The highest BCUT2D eigenvalue weighted by Gasteiger charge is 2.30. The van der Waals surface area contributed by atoms with Gasteiger partial charge in [0.05, 0.1) is 5.56 Å². The Hall–Kier alpha value is -1.89. The summed E-state index contributed by atoms with van der Waals surface area (Å²) in [7, 11) is 0. The first-order chi connectivity index (χ1) is 10.9. The Labute approximate surface area is 137 Å². The van der Waals surface area contributed by atoms with Crippen LogP contribution >= 0.6 is 11.3 Å². The van der Waals surface area contributed by atoms with Crippen LogP contribution in [-0.2, 0) is 0 Å². The van der Waals surface area contributed by atoms with Gasteiger partial charge in [-0.05, 0) is 30.4 Å². The van der Waals surface area contributed by atoms with Gasteiger partial charge in [-0.25, -0.2) is 8.78 Å². The molecular weight excluding hydrogens is 320 g/mol. The first-order valence-electron chi connectivity index (χ1n) is 7.44. The second-order valence-corrected chi connectivity index (χ2v) is 7.44. The largest absolute Gasteiger partial charge is 0.336 e. The van der Waals surface area contributed by atoms with Crippen molar-refractivity contribution in [2.75, 3.05) is 13.1 Å². The van der Waals surface area contributed by atoms with Crippen molar-refractivity contribution in [3.05, 3.63) is 34.8 Å². The lowest BCUT2D eigenvalue weighted by molar-refractivity contribution is 0.0629. The molecule has 4 nitrogen and oxygen atoms in total. The molecule has 1 aliphatic heterocycles. The maximum Gasteiger partial charge on any atom is 0.284 e. The van der Waals surface area contributed by atoms with E-state index in [0.717, 1.165) is 36.3 Å². The zero-order valence-electron chi connectivity index (χ0n) is 13.0. The molecule has 0 radical (unpaired) electrons. The van der Waals surface area contributed by atoms with Crippen molar-refractivity contribution in [3.8, 4) is 10.6 Å². The number of amides is 1. The average molecular weight is 337 g/mol. The van der Waals surface area contributed by atoms with E-state index in [9.17, 15) is 13.6 Å². The van der Waals surface area contributed by atoms with Crippen LogP contribution in [0.3, 0.4) is 0 Å². The molecule has 0 bridgehead atoms. The van der Waals surface area contributed by atoms with E-state index in [1.807, 2.05) is 0 Å². The van der Waals surface area contributed by atoms with Gasteiger partial charge in [-0.2, -0.15) is 0 Å². The summed E-state index contributed by atoms with van der Waals surface area (Å²) in [5, 5.41) is 7.88. The molecule has 0 aliphatic carbocycles. The van der Waals surface area contributed by atoms with Gasteiger partial charge >= 0.3 is 0 Å². The highest BCUT2D eigenvalue weighted by molar-refractivity contribution is 7.16. The highest BCUT2D eigenvalue weighted by Crippen LogP contribution is 2.32. The van der Waals surface area contributed by atoms with E-state index < -0.39 is 11.6 Å². The summed E-state index contributed by atoms with van der Waals surface area (Å²) in [4.78, 5) is 14.2. The third-order valence-corrected chi connectivity index (χ3v) is 5.12. The highest BCUT2D eigenvalue weighted by atomic mass is 32.1. The van der Waals surface area contributed by atoms with Crippen molar-refractivity contribution in [3.63, 3.8) is 0 Å². The molecule has 122 valence electrons. The second kappa shape index (κ2) is 5.96. The molecule has 2 heterocycles. The minimum Gasteiger partial charge on any atom is -0.336 e. The third kappa shape index (κ3) is 3.24. The van der Waals surface area contributed by atoms with Crippen LogP contribution in [0, 0.1) is 17.0 Å². The predicted molar refractivity (Wildman–Crippen MR) is 84.2 cm³/mol. The molecule has 3 rings (SSSR count). The van der Waals surface area contributed by atoms with Crippen molar-refractivity contribution < 1.29 is 13.6 Å². The number of piperidine rings is 1. The first-order valence-corrected chi connectivity index (χ1v) is 8.26. The van der Waals surface area contributed by atoms with Crippen LogP contribution < -0.4 is 0 Å². The summed E-state index contributed by atoms with van der Waals surface area (Å²) in [6.07, 6.45) is 1.85. The lowest BCUT2D eigenvalue weighted by Gasteiger charge is -2.36. The fourth-order valence-electron chi connectivity index (χ4n) is 2.56. The third-order valence-electron chi connectivity index (χ3n) is 4.19. The van der Waals surface area contributed by atoms with E-state index >= 15 is 0 Å². The number of aromatic nitrogens is 2. The Bertz CT molecular complexity index is 714. The van der Waals surface area contributed by atoms with E-state index in [0.29, 0.717) is 13.1 Å². The number of rotatable bonds is 2. The molecule has 0 atom stereocenters. The average Bonchev–Trinajstić information content (AvgIpc) is 2.96. The Balaban J connectivity index is 1.81. The van der Waals surface area contributed by atoms with E-state index in [-0.39, 0.29) is 26.9 Å². The fourth-order valence-corrected chi connectivity index (χ4v) is 3.42. The smallest absolute Gasteiger partial charge is 0.284 e. The zero-order chi connectivity index (χ0) is 16.6. The number of nitrogens with zero attached hydrogens (tertiary/aromatic N) is 3. The summed E-state index contributed by atoms with van der Waals surface area (Å²) < 4.78 is 27.6. The van der Waals surface area contributed by atoms with Gasteiger partial charge in [-0.15, -0.1) is 10.2 Å².